The molecule has 2 rings (SSSR count). The molecular formula is C16H22N2O4S. The van der Waals surface area contributed by atoms with Crippen LogP contribution in [0.2, 0.25) is 0 Å². The van der Waals surface area contributed by atoms with Crippen molar-refractivity contribution in [3.8, 4) is 0 Å². The number of amides is 2. The molecule has 1 saturated heterocycles. The van der Waals surface area contributed by atoms with Gasteiger partial charge in [-0.2, -0.15) is 0 Å². The van der Waals surface area contributed by atoms with Crippen molar-refractivity contribution in [1.82, 2.24) is 4.90 Å². The van der Waals surface area contributed by atoms with E-state index in [9.17, 15) is 18.0 Å². The van der Waals surface area contributed by atoms with Crippen LogP contribution in [0, 0.1) is 5.92 Å². The summed E-state index contributed by atoms with van der Waals surface area (Å²) in [5, 5.41) is 0. The van der Waals surface area contributed by atoms with Crippen LogP contribution in [0.25, 0.3) is 0 Å². The van der Waals surface area contributed by atoms with E-state index in [-0.39, 0.29) is 18.1 Å². The van der Waals surface area contributed by atoms with E-state index in [0.29, 0.717) is 24.6 Å². The van der Waals surface area contributed by atoms with Crippen molar-refractivity contribution in [1.29, 1.82) is 0 Å². The molecule has 1 atom stereocenters. The lowest BCUT2D eigenvalue weighted by atomic mass is 9.97. The van der Waals surface area contributed by atoms with E-state index in [1.54, 1.807) is 23.1 Å². The third kappa shape index (κ3) is 5.35. The monoisotopic (exact) mass is 338 g/mol. The van der Waals surface area contributed by atoms with Crippen molar-refractivity contribution in [2.75, 3.05) is 25.1 Å². The summed E-state index contributed by atoms with van der Waals surface area (Å²) in [7, 11) is -3.12. The molecule has 126 valence electrons. The third-order valence-electron chi connectivity index (χ3n) is 4.06. The smallest absolute Gasteiger partial charge is 0.248 e. The highest BCUT2D eigenvalue weighted by Gasteiger charge is 2.26. The summed E-state index contributed by atoms with van der Waals surface area (Å²) < 4.78 is 22.3. The van der Waals surface area contributed by atoms with Gasteiger partial charge >= 0.3 is 0 Å². The normalized spacial score (nSPS) is 18.1. The maximum Gasteiger partial charge on any atom is 0.248 e. The van der Waals surface area contributed by atoms with Gasteiger partial charge in [-0.3, -0.25) is 9.59 Å². The standard InChI is InChI=1S/C16H22N2O4S/c1-23(21,22)8-6-15(19)18-7-5-13(11-18)9-12-3-2-4-14(10-12)16(17)20/h2-4,10,13H,5-9,11H2,1H3,(H2,17,20)/t13-/m1/s1. The Morgan fingerprint density at radius 3 is 2.74 bits per heavy atom. The summed E-state index contributed by atoms with van der Waals surface area (Å²) in [4.78, 5) is 25.0. The number of carbonyl (C=O) groups excluding carboxylic acids is 2. The first-order chi connectivity index (χ1) is 10.7. The molecule has 0 radical (unpaired) electrons. The molecular weight excluding hydrogens is 316 g/mol. The highest BCUT2D eigenvalue weighted by Crippen LogP contribution is 2.22. The molecule has 0 aliphatic carbocycles. The number of hydrogen-bond acceptors (Lipinski definition) is 4. The van der Waals surface area contributed by atoms with Gasteiger partial charge in [0.25, 0.3) is 0 Å². The van der Waals surface area contributed by atoms with Gasteiger partial charge in [-0.05, 0) is 36.5 Å². The van der Waals surface area contributed by atoms with E-state index in [0.717, 1.165) is 24.7 Å². The predicted octanol–water partition coefficient (Wildman–Crippen LogP) is 0.611. The highest BCUT2D eigenvalue weighted by molar-refractivity contribution is 7.90. The number of rotatable bonds is 6. The molecule has 7 heteroatoms. The average Bonchev–Trinajstić information content (AvgIpc) is 2.93. The number of benzene rings is 1. The van der Waals surface area contributed by atoms with Gasteiger partial charge in [0, 0.05) is 31.3 Å². The summed E-state index contributed by atoms with van der Waals surface area (Å²) in [6.07, 6.45) is 2.84. The molecule has 6 nitrogen and oxygen atoms in total. The molecule has 0 saturated carbocycles. The molecule has 0 spiro atoms. The Kier molecular flexibility index (Phi) is 5.41. The van der Waals surface area contributed by atoms with Crippen LogP contribution in [-0.4, -0.2) is 50.2 Å². The first kappa shape index (κ1) is 17.5. The summed E-state index contributed by atoms with van der Waals surface area (Å²) in [6.45, 7) is 1.28. The Morgan fingerprint density at radius 2 is 2.09 bits per heavy atom. The van der Waals surface area contributed by atoms with E-state index in [4.69, 9.17) is 5.73 Å². The van der Waals surface area contributed by atoms with Crippen LogP contribution in [0.1, 0.15) is 28.8 Å². The Morgan fingerprint density at radius 1 is 1.35 bits per heavy atom. The minimum Gasteiger partial charge on any atom is -0.366 e. The van der Waals surface area contributed by atoms with E-state index < -0.39 is 15.7 Å². The summed E-state index contributed by atoms with van der Waals surface area (Å²) in [5.41, 5.74) is 6.79. The Bertz CT molecular complexity index is 700. The fourth-order valence-electron chi connectivity index (χ4n) is 2.84. The highest BCUT2D eigenvalue weighted by atomic mass is 32.2. The zero-order chi connectivity index (χ0) is 17.0. The van der Waals surface area contributed by atoms with Crippen molar-refractivity contribution < 1.29 is 18.0 Å². The SMILES string of the molecule is CS(=O)(=O)CCC(=O)N1CC[C@H](Cc2cccc(C(N)=O)c2)C1. The zero-order valence-electron chi connectivity index (χ0n) is 13.2. The van der Waals surface area contributed by atoms with Crippen LogP contribution in [0.5, 0.6) is 0 Å². The minimum atomic E-state index is -3.12. The molecule has 1 fully saturated rings. The topological polar surface area (TPSA) is 97.5 Å². The van der Waals surface area contributed by atoms with Crippen LogP contribution >= 0.6 is 0 Å². The number of nitrogens with two attached hydrogens (primary N) is 1. The van der Waals surface area contributed by atoms with Gasteiger partial charge in [0.2, 0.25) is 11.8 Å². The molecule has 1 aromatic rings. The van der Waals surface area contributed by atoms with E-state index in [1.807, 2.05) is 6.07 Å². The molecule has 1 aromatic carbocycles. The van der Waals surface area contributed by atoms with Crippen molar-refractivity contribution in [2.24, 2.45) is 11.7 Å². The maximum absolute atomic E-state index is 12.0. The summed E-state index contributed by atoms with van der Waals surface area (Å²) in [5.74, 6) is -0.340. The second-order valence-corrected chi connectivity index (χ2v) is 8.40. The minimum absolute atomic E-state index is 0.0444. The summed E-state index contributed by atoms with van der Waals surface area (Å²) in [6, 6.07) is 7.22. The zero-order valence-corrected chi connectivity index (χ0v) is 14.0. The van der Waals surface area contributed by atoms with Crippen molar-refractivity contribution in [2.45, 2.75) is 19.3 Å². The second kappa shape index (κ2) is 7.12. The van der Waals surface area contributed by atoms with Gasteiger partial charge in [-0.1, -0.05) is 12.1 Å². The molecule has 0 aromatic heterocycles. The average molecular weight is 338 g/mol. The fraction of sp³-hybridized carbons (Fsp3) is 0.500. The number of primary amides is 1. The van der Waals surface area contributed by atoms with Crippen LogP contribution in [0.15, 0.2) is 24.3 Å². The Hall–Kier alpha value is -1.89. The second-order valence-electron chi connectivity index (χ2n) is 6.14. The molecule has 2 amide bonds. The quantitative estimate of drug-likeness (QED) is 0.822. The number of nitrogens with zero attached hydrogens (tertiary/aromatic N) is 1. The van der Waals surface area contributed by atoms with E-state index in [1.165, 1.54) is 0 Å². The molecule has 2 N–H and O–H groups in total. The lowest BCUT2D eigenvalue weighted by Crippen LogP contribution is -2.30. The molecule has 1 heterocycles. The lowest BCUT2D eigenvalue weighted by molar-refractivity contribution is -0.129. The number of likely N-dealkylation sites (tertiary alicyclic amines) is 1. The van der Waals surface area contributed by atoms with Crippen LogP contribution < -0.4 is 5.73 Å². The fourth-order valence-corrected chi connectivity index (χ4v) is 3.39. The third-order valence-corrected chi connectivity index (χ3v) is 5.01. The van der Waals surface area contributed by atoms with Crippen molar-refractivity contribution in [3.63, 3.8) is 0 Å². The number of hydrogen-bond donors (Lipinski definition) is 1. The first-order valence-electron chi connectivity index (χ1n) is 7.59. The van der Waals surface area contributed by atoms with Gasteiger partial charge in [0.15, 0.2) is 0 Å². The van der Waals surface area contributed by atoms with Crippen molar-refractivity contribution in [3.05, 3.63) is 35.4 Å². The Balaban J connectivity index is 1.89. The number of carbonyl (C=O) groups is 2. The van der Waals surface area contributed by atoms with Gasteiger partial charge < -0.3 is 10.6 Å². The Labute approximate surface area is 136 Å². The summed E-state index contributed by atoms with van der Waals surface area (Å²) >= 11 is 0. The van der Waals surface area contributed by atoms with Gasteiger partial charge in [0.1, 0.15) is 9.84 Å². The predicted molar refractivity (Wildman–Crippen MR) is 87.7 cm³/mol. The first-order valence-corrected chi connectivity index (χ1v) is 9.65. The molecule has 1 aliphatic heterocycles. The van der Waals surface area contributed by atoms with Crippen LogP contribution in [0.4, 0.5) is 0 Å². The molecule has 1 aliphatic rings. The van der Waals surface area contributed by atoms with Gasteiger partial charge in [-0.15, -0.1) is 0 Å². The van der Waals surface area contributed by atoms with E-state index in [2.05, 4.69) is 0 Å². The molecule has 23 heavy (non-hydrogen) atoms. The van der Waals surface area contributed by atoms with Gasteiger partial charge in [0.05, 0.1) is 5.75 Å². The lowest BCUT2D eigenvalue weighted by Gasteiger charge is -2.16. The number of sulfone groups is 1. The largest absolute Gasteiger partial charge is 0.366 e. The maximum atomic E-state index is 12.0. The van der Waals surface area contributed by atoms with Gasteiger partial charge in [-0.25, -0.2) is 8.42 Å². The van der Waals surface area contributed by atoms with Crippen molar-refractivity contribution >= 4 is 21.7 Å². The van der Waals surface area contributed by atoms with E-state index >= 15 is 0 Å². The molecule has 0 unspecified atom stereocenters. The van der Waals surface area contributed by atoms with Crippen LogP contribution in [0.3, 0.4) is 0 Å². The molecule has 0 bridgehead atoms. The van der Waals surface area contributed by atoms with Crippen LogP contribution in [-0.2, 0) is 21.1 Å².